The van der Waals surface area contributed by atoms with Gasteiger partial charge in [-0.2, -0.15) is 0 Å². The number of carbonyl (C=O) groups excluding carboxylic acids is 2. The zero-order valence-electron chi connectivity index (χ0n) is 21.1. The molecular weight excluding hydrogens is 490 g/mol. The molecule has 0 saturated carbocycles. The van der Waals surface area contributed by atoms with Crippen molar-refractivity contribution in [3.8, 4) is 11.5 Å². The minimum Gasteiger partial charge on any atom is -0.457 e. The molecule has 1 heterocycles. The zero-order valence-corrected chi connectivity index (χ0v) is 21.1. The van der Waals surface area contributed by atoms with Crippen LogP contribution < -0.4 is 15.4 Å². The van der Waals surface area contributed by atoms with Gasteiger partial charge in [0.25, 0.3) is 5.91 Å². The summed E-state index contributed by atoms with van der Waals surface area (Å²) < 4.78 is 11.6. The predicted molar refractivity (Wildman–Crippen MR) is 151 cm³/mol. The average molecular weight is 518 g/mol. The van der Waals surface area contributed by atoms with Crippen LogP contribution in [0.5, 0.6) is 11.5 Å². The normalized spacial score (nSPS) is 11.5. The number of ether oxygens (including phenoxy) is 2. The van der Waals surface area contributed by atoms with Crippen molar-refractivity contribution in [1.29, 1.82) is 0 Å². The van der Waals surface area contributed by atoms with Crippen LogP contribution in [0, 0.1) is 0 Å². The Kier molecular flexibility index (Phi) is 8.21. The number of nitrogens with one attached hydrogen (secondary N) is 2. The lowest BCUT2D eigenvalue weighted by atomic mass is 10.2. The molecule has 194 valence electrons. The minimum atomic E-state index is -0.949. The summed E-state index contributed by atoms with van der Waals surface area (Å²) in [6.45, 7) is 0.287. The fourth-order valence-corrected chi connectivity index (χ4v) is 3.94. The van der Waals surface area contributed by atoms with Crippen molar-refractivity contribution in [3.05, 3.63) is 133 Å². The Bertz CT molecular complexity index is 1540. The summed E-state index contributed by atoms with van der Waals surface area (Å²) >= 11 is 0. The number of fused-ring (bicyclic) bond motifs is 1. The molecule has 2 amide bonds. The highest BCUT2D eigenvalue weighted by atomic mass is 16.5. The fraction of sp³-hybridized carbons (Fsp3) is 0.0938. The van der Waals surface area contributed by atoms with Gasteiger partial charge >= 0.3 is 0 Å². The molecule has 2 N–H and O–H groups in total. The SMILES string of the molecule is O=C(NC(COCc1ccccc1)C(=O)Nc1ccc(Oc2ccccc2)cc1)c1ccc2ccccc2n1. The highest BCUT2D eigenvalue weighted by molar-refractivity contribution is 6.01. The van der Waals surface area contributed by atoms with Crippen LogP contribution in [0.3, 0.4) is 0 Å². The third kappa shape index (κ3) is 7.06. The second-order valence-corrected chi connectivity index (χ2v) is 8.84. The molecule has 5 aromatic rings. The highest BCUT2D eigenvalue weighted by Gasteiger charge is 2.23. The fourth-order valence-electron chi connectivity index (χ4n) is 3.94. The molecule has 0 saturated heterocycles. The number of hydrogen-bond donors (Lipinski definition) is 2. The lowest BCUT2D eigenvalue weighted by Crippen LogP contribution is -2.47. The molecule has 39 heavy (non-hydrogen) atoms. The first-order valence-corrected chi connectivity index (χ1v) is 12.6. The van der Waals surface area contributed by atoms with Gasteiger partial charge in [-0.1, -0.05) is 72.8 Å². The largest absolute Gasteiger partial charge is 0.457 e. The van der Waals surface area contributed by atoms with Gasteiger partial charge < -0.3 is 20.1 Å². The Hall–Kier alpha value is -5.01. The molecule has 0 aliphatic rings. The summed E-state index contributed by atoms with van der Waals surface area (Å²) in [5.41, 5.74) is 2.45. The molecule has 0 spiro atoms. The molecular formula is C32H27N3O4. The van der Waals surface area contributed by atoms with E-state index in [4.69, 9.17) is 9.47 Å². The second kappa shape index (κ2) is 12.5. The van der Waals surface area contributed by atoms with E-state index in [-0.39, 0.29) is 12.3 Å². The van der Waals surface area contributed by atoms with E-state index in [1.807, 2.05) is 91.0 Å². The van der Waals surface area contributed by atoms with E-state index < -0.39 is 17.9 Å². The summed E-state index contributed by atoms with van der Waals surface area (Å²) in [5.74, 6) is 0.484. The third-order valence-corrected chi connectivity index (χ3v) is 5.95. The van der Waals surface area contributed by atoms with E-state index in [9.17, 15) is 9.59 Å². The zero-order chi connectivity index (χ0) is 26.9. The van der Waals surface area contributed by atoms with Crippen LogP contribution in [0.25, 0.3) is 10.9 Å². The maximum Gasteiger partial charge on any atom is 0.270 e. The Morgan fingerprint density at radius 2 is 1.38 bits per heavy atom. The highest BCUT2D eigenvalue weighted by Crippen LogP contribution is 2.22. The van der Waals surface area contributed by atoms with Gasteiger partial charge in [-0.3, -0.25) is 9.59 Å². The van der Waals surface area contributed by atoms with Gasteiger partial charge in [0.1, 0.15) is 23.2 Å². The lowest BCUT2D eigenvalue weighted by Gasteiger charge is -2.19. The van der Waals surface area contributed by atoms with Crippen LogP contribution in [0.2, 0.25) is 0 Å². The maximum absolute atomic E-state index is 13.3. The van der Waals surface area contributed by atoms with Gasteiger partial charge in [-0.05, 0) is 54.1 Å². The lowest BCUT2D eigenvalue weighted by molar-refractivity contribution is -0.119. The van der Waals surface area contributed by atoms with E-state index in [1.165, 1.54) is 0 Å². The number of benzene rings is 4. The Labute approximate surface area is 226 Å². The van der Waals surface area contributed by atoms with Gasteiger partial charge in [-0.25, -0.2) is 4.98 Å². The Morgan fingerprint density at radius 1 is 0.718 bits per heavy atom. The molecule has 0 fully saturated rings. The number of carbonyl (C=O) groups is 2. The summed E-state index contributed by atoms with van der Waals surface area (Å²) in [7, 11) is 0. The third-order valence-electron chi connectivity index (χ3n) is 5.95. The number of hydrogen-bond acceptors (Lipinski definition) is 5. The van der Waals surface area contributed by atoms with E-state index >= 15 is 0 Å². The van der Waals surface area contributed by atoms with Crippen LogP contribution in [0.1, 0.15) is 16.1 Å². The van der Waals surface area contributed by atoms with Gasteiger partial charge in [0, 0.05) is 11.1 Å². The summed E-state index contributed by atoms with van der Waals surface area (Å²) in [6.07, 6.45) is 0. The van der Waals surface area contributed by atoms with Crippen molar-refractivity contribution in [2.24, 2.45) is 0 Å². The smallest absolute Gasteiger partial charge is 0.270 e. The molecule has 1 unspecified atom stereocenters. The number of amides is 2. The number of nitrogens with zero attached hydrogens (tertiary/aromatic N) is 1. The van der Waals surface area contributed by atoms with Gasteiger partial charge in [0.05, 0.1) is 18.7 Å². The maximum atomic E-state index is 13.3. The summed E-state index contributed by atoms with van der Waals surface area (Å²) in [4.78, 5) is 30.8. The van der Waals surface area contributed by atoms with Gasteiger partial charge in [0.15, 0.2) is 0 Å². The molecule has 7 heteroatoms. The number of rotatable bonds is 10. The van der Waals surface area contributed by atoms with Crippen LogP contribution >= 0.6 is 0 Å². The molecule has 4 aromatic carbocycles. The van der Waals surface area contributed by atoms with E-state index in [0.717, 1.165) is 16.7 Å². The van der Waals surface area contributed by atoms with Gasteiger partial charge in [-0.15, -0.1) is 0 Å². The topological polar surface area (TPSA) is 89.5 Å². The van der Waals surface area contributed by atoms with Crippen molar-refractivity contribution in [1.82, 2.24) is 10.3 Å². The molecule has 7 nitrogen and oxygen atoms in total. The average Bonchev–Trinajstić information content (AvgIpc) is 2.98. The first kappa shape index (κ1) is 25.6. The van der Waals surface area contributed by atoms with Crippen molar-refractivity contribution >= 4 is 28.4 Å². The van der Waals surface area contributed by atoms with Crippen molar-refractivity contribution in [3.63, 3.8) is 0 Å². The number of pyridine rings is 1. The van der Waals surface area contributed by atoms with E-state index in [0.29, 0.717) is 23.6 Å². The van der Waals surface area contributed by atoms with Crippen LogP contribution in [-0.4, -0.2) is 29.4 Å². The van der Waals surface area contributed by atoms with E-state index in [2.05, 4.69) is 15.6 Å². The van der Waals surface area contributed by atoms with E-state index in [1.54, 1.807) is 30.3 Å². The minimum absolute atomic E-state index is 0.0186. The molecule has 5 rings (SSSR count). The van der Waals surface area contributed by atoms with Crippen molar-refractivity contribution < 1.29 is 19.1 Å². The summed E-state index contributed by atoms with van der Waals surface area (Å²) in [5, 5.41) is 6.57. The predicted octanol–water partition coefficient (Wildman–Crippen LogP) is 5.98. The second-order valence-electron chi connectivity index (χ2n) is 8.84. The number of anilines is 1. The molecule has 1 aromatic heterocycles. The molecule has 1 atom stereocenters. The monoisotopic (exact) mass is 517 g/mol. The first-order valence-electron chi connectivity index (χ1n) is 12.6. The quantitative estimate of drug-likeness (QED) is 0.238. The summed E-state index contributed by atoms with van der Waals surface area (Å²) in [6, 6.07) is 36.1. The number of aromatic nitrogens is 1. The first-order chi connectivity index (χ1) is 19.1. The van der Waals surface area contributed by atoms with Crippen LogP contribution in [-0.2, 0) is 16.1 Å². The molecule has 0 aliphatic heterocycles. The van der Waals surface area contributed by atoms with Crippen LogP contribution in [0.15, 0.2) is 121 Å². The van der Waals surface area contributed by atoms with Crippen molar-refractivity contribution in [2.45, 2.75) is 12.6 Å². The standard InChI is InChI=1S/C32H27N3O4/c36-31(29-20-15-24-11-7-8-14-28(24)34-29)35-30(22-38-21-23-9-3-1-4-10-23)32(37)33-25-16-18-27(19-17-25)39-26-12-5-2-6-13-26/h1-20,30H,21-22H2,(H,33,37)(H,35,36). The Balaban J connectivity index is 1.27. The molecule has 0 aliphatic carbocycles. The van der Waals surface area contributed by atoms with Crippen LogP contribution in [0.4, 0.5) is 5.69 Å². The van der Waals surface area contributed by atoms with Gasteiger partial charge in [0.2, 0.25) is 5.91 Å². The molecule has 0 radical (unpaired) electrons. The Morgan fingerprint density at radius 3 is 2.15 bits per heavy atom. The number of para-hydroxylation sites is 2. The van der Waals surface area contributed by atoms with Crippen molar-refractivity contribution in [2.75, 3.05) is 11.9 Å². The molecule has 0 bridgehead atoms.